The van der Waals surface area contributed by atoms with Crippen LogP contribution in [0.3, 0.4) is 0 Å². The molecule has 1 fully saturated rings. The second-order valence-corrected chi connectivity index (χ2v) is 8.21. The maximum absolute atomic E-state index is 12.9. The molecule has 138 valence electrons. The first kappa shape index (κ1) is 18.8. The van der Waals surface area contributed by atoms with Gasteiger partial charge in [-0.05, 0) is 36.5 Å². The Morgan fingerprint density at radius 3 is 2.42 bits per heavy atom. The first-order chi connectivity index (χ1) is 12.2. The topological polar surface area (TPSA) is 56.0 Å². The van der Waals surface area contributed by atoms with Crippen molar-refractivity contribution in [1.29, 1.82) is 0 Å². The Hall–Kier alpha value is -1.98. The number of aromatic nitrogens is 2. The highest BCUT2D eigenvalue weighted by Crippen LogP contribution is 2.60. The third kappa shape index (κ3) is 3.10. The average Bonchev–Trinajstić information content (AvgIpc) is 3.04. The monoisotopic (exact) mass is 393 g/mol. The molecule has 0 spiro atoms. The lowest BCUT2D eigenvalue weighted by Crippen LogP contribution is -2.24. The highest BCUT2D eigenvalue weighted by molar-refractivity contribution is 6.55. The van der Waals surface area contributed by atoms with E-state index in [9.17, 15) is 9.59 Å². The third-order valence-electron chi connectivity index (χ3n) is 5.30. The van der Waals surface area contributed by atoms with Crippen molar-refractivity contribution in [2.45, 2.75) is 20.8 Å². The molecule has 0 radical (unpaired) electrons. The van der Waals surface area contributed by atoms with Crippen molar-refractivity contribution in [2.75, 3.05) is 5.32 Å². The molecular formula is C19H21Cl2N3O2. The lowest BCUT2D eigenvalue weighted by atomic mass is 10.1. The van der Waals surface area contributed by atoms with Crippen LogP contribution in [0.1, 0.15) is 19.5 Å². The summed E-state index contributed by atoms with van der Waals surface area (Å²) in [6.45, 7) is 5.77. The molecule has 0 bridgehead atoms. The molecule has 26 heavy (non-hydrogen) atoms. The molecule has 2 atom stereocenters. The first-order valence-electron chi connectivity index (χ1n) is 8.34. The van der Waals surface area contributed by atoms with Crippen molar-refractivity contribution in [3.63, 3.8) is 0 Å². The summed E-state index contributed by atoms with van der Waals surface area (Å²) in [6.07, 6.45) is 1.69. The molecule has 1 N–H and O–H groups in total. The molecule has 5 nitrogen and oxygen atoms in total. The molecule has 1 saturated carbocycles. The van der Waals surface area contributed by atoms with E-state index < -0.39 is 0 Å². The summed E-state index contributed by atoms with van der Waals surface area (Å²) in [6, 6.07) is 9.31. The van der Waals surface area contributed by atoms with Gasteiger partial charge in [-0.25, -0.2) is 4.68 Å². The van der Waals surface area contributed by atoms with E-state index in [1.165, 1.54) is 4.68 Å². The number of hydrogen-bond donors (Lipinski definition) is 1. The number of hydrogen-bond acceptors (Lipinski definition) is 2. The number of carbonyl (C=O) groups is 1. The second kappa shape index (κ2) is 6.63. The van der Waals surface area contributed by atoms with E-state index >= 15 is 0 Å². The van der Waals surface area contributed by atoms with Gasteiger partial charge in [-0.3, -0.25) is 14.3 Å². The van der Waals surface area contributed by atoms with Gasteiger partial charge in [0.2, 0.25) is 5.91 Å². The Kier molecular flexibility index (Phi) is 4.80. The summed E-state index contributed by atoms with van der Waals surface area (Å²) in [5, 5.41) is 2.82. The lowest BCUT2D eigenvalue weighted by molar-refractivity contribution is -0.118. The Bertz CT molecular complexity index is 938. The largest absolute Gasteiger partial charge is 0.320 e. The summed E-state index contributed by atoms with van der Waals surface area (Å²) in [4.78, 5) is 25.6. The van der Waals surface area contributed by atoms with Gasteiger partial charge < -0.3 is 5.32 Å². The molecule has 1 heterocycles. The number of halogens is 2. The number of para-hydroxylation sites is 1. The quantitative estimate of drug-likeness (QED) is 0.852. The summed E-state index contributed by atoms with van der Waals surface area (Å²) in [7, 11) is 1.79. The number of rotatable bonds is 4. The van der Waals surface area contributed by atoms with Crippen LogP contribution in [0.2, 0.25) is 0 Å². The van der Waals surface area contributed by atoms with Crippen molar-refractivity contribution in [2.24, 2.45) is 24.3 Å². The van der Waals surface area contributed by atoms with E-state index in [0.29, 0.717) is 11.4 Å². The smallest absolute Gasteiger partial charge is 0.295 e. The van der Waals surface area contributed by atoms with Gasteiger partial charge >= 0.3 is 0 Å². The fourth-order valence-corrected chi connectivity index (χ4v) is 3.81. The average molecular weight is 394 g/mol. The highest BCUT2D eigenvalue weighted by atomic mass is 35.5. The zero-order chi connectivity index (χ0) is 19.2. The SMILES string of the molecule is Cc1c(NC(=O)[C@@H]2[C@H](C=C(Cl)Cl)C2(C)C)c(=O)n(-c2ccccc2)n1C. The van der Waals surface area contributed by atoms with Gasteiger partial charge in [0, 0.05) is 7.05 Å². The lowest BCUT2D eigenvalue weighted by Gasteiger charge is -2.07. The van der Waals surface area contributed by atoms with Gasteiger partial charge in [0.05, 0.1) is 17.3 Å². The normalized spacial score (nSPS) is 20.5. The van der Waals surface area contributed by atoms with Gasteiger partial charge in [0.25, 0.3) is 5.56 Å². The molecule has 1 aromatic carbocycles. The molecular weight excluding hydrogens is 373 g/mol. The Morgan fingerprint density at radius 1 is 1.23 bits per heavy atom. The van der Waals surface area contributed by atoms with E-state index in [2.05, 4.69) is 5.32 Å². The van der Waals surface area contributed by atoms with Crippen LogP contribution in [0.5, 0.6) is 0 Å². The first-order valence-corrected chi connectivity index (χ1v) is 9.09. The predicted octanol–water partition coefficient (Wildman–Crippen LogP) is 4.01. The van der Waals surface area contributed by atoms with Crippen LogP contribution in [0.25, 0.3) is 5.69 Å². The Morgan fingerprint density at radius 2 is 1.85 bits per heavy atom. The molecule has 0 saturated heterocycles. The Balaban J connectivity index is 1.92. The van der Waals surface area contributed by atoms with Crippen molar-refractivity contribution < 1.29 is 4.79 Å². The van der Waals surface area contributed by atoms with Gasteiger partial charge in [-0.1, -0.05) is 55.2 Å². The standard InChI is InChI=1S/C19H21Cl2N3O2/c1-11-16(18(26)24(23(11)4)12-8-6-5-7-9-12)22-17(25)15-13(10-14(20)21)19(15,2)3/h5-10,13,15H,1-4H3,(H,22,25)/t13-,15-/m0/s1. The van der Waals surface area contributed by atoms with Crippen LogP contribution in [-0.4, -0.2) is 15.3 Å². The molecule has 1 aromatic heterocycles. The fraction of sp³-hybridized carbons (Fsp3) is 0.368. The van der Waals surface area contributed by atoms with Crippen molar-refractivity contribution in [3.8, 4) is 5.69 Å². The molecule has 7 heteroatoms. The zero-order valence-electron chi connectivity index (χ0n) is 15.1. The summed E-state index contributed by atoms with van der Waals surface area (Å²) < 4.78 is 3.43. The number of nitrogens with zero attached hydrogens (tertiary/aromatic N) is 2. The van der Waals surface area contributed by atoms with Crippen LogP contribution in [0, 0.1) is 24.2 Å². The number of allylic oxidation sites excluding steroid dienone is 1. The molecule has 1 aliphatic carbocycles. The van der Waals surface area contributed by atoms with E-state index in [1.54, 1.807) is 17.8 Å². The molecule has 1 amide bonds. The van der Waals surface area contributed by atoms with E-state index in [4.69, 9.17) is 23.2 Å². The maximum Gasteiger partial charge on any atom is 0.295 e. The summed E-state index contributed by atoms with van der Waals surface area (Å²) >= 11 is 11.5. The van der Waals surface area contributed by atoms with E-state index in [-0.39, 0.29) is 33.2 Å². The zero-order valence-corrected chi connectivity index (χ0v) is 16.6. The number of benzene rings is 1. The van der Waals surface area contributed by atoms with Gasteiger partial charge in [0.1, 0.15) is 10.2 Å². The number of nitrogens with one attached hydrogen (secondary N) is 1. The molecule has 0 aliphatic heterocycles. The summed E-state index contributed by atoms with van der Waals surface area (Å²) in [5.41, 5.74) is 1.22. The van der Waals surface area contributed by atoms with Crippen LogP contribution in [0.15, 0.2) is 45.7 Å². The molecule has 2 aromatic rings. The summed E-state index contributed by atoms with van der Waals surface area (Å²) in [5.74, 6) is -0.524. The van der Waals surface area contributed by atoms with Crippen LogP contribution >= 0.6 is 23.2 Å². The minimum absolute atomic E-state index is 0.0483. The minimum atomic E-state index is -0.279. The van der Waals surface area contributed by atoms with Crippen molar-refractivity contribution in [3.05, 3.63) is 56.9 Å². The van der Waals surface area contributed by atoms with Crippen LogP contribution in [0.4, 0.5) is 5.69 Å². The fourth-order valence-electron chi connectivity index (χ4n) is 3.54. The van der Waals surface area contributed by atoms with Gasteiger partial charge in [-0.2, -0.15) is 0 Å². The number of anilines is 1. The Labute approximate surface area is 162 Å². The van der Waals surface area contributed by atoms with E-state index in [1.807, 2.05) is 51.1 Å². The molecule has 3 rings (SSSR count). The van der Waals surface area contributed by atoms with Crippen LogP contribution in [-0.2, 0) is 11.8 Å². The van der Waals surface area contributed by atoms with Gasteiger partial charge in [-0.15, -0.1) is 0 Å². The predicted molar refractivity (Wildman–Crippen MR) is 105 cm³/mol. The molecule has 1 aliphatic rings. The number of carbonyl (C=O) groups excluding carboxylic acids is 1. The highest BCUT2D eigenvalue weighted by Gasteiger charge is 2.60. The third-order valence-corrected chi connectivity index (χ3v) is 5.55. The van der Waals surface area contributed by atoms with Gasteiger partial charge in [0.15, 0.2) is 0 Å². The maximum atomic E-state index is 12.9. The van der Waals surface area contributed by atoms with Crippen LogP contribution < -0.4 is 10.9 Å². The number of amides is 1. The minimum Gasteiger partial charge on any atom is -0.320 e. The molecule has 0 unspecified atom stereocenters. The van der Waals surface area contributed by atoms with Crippen molar-refractivity contribution >= 4 is 34.8 Å². The van der Waals surface area contributed by atoms with E-state index in [0.717, 1.165) is 5.69 Å². The van der Waals surface area contributed by atoms with Crippen molar-refractivity contribution in [1.82, 2.24) is 9.36 Å². The second-order valence-electron chi connectivity index (χ2n) is 7.21.